The van der Waals surface area contributed by atoms with Gasteiger partial charge in [-0.15, -0.1) is 0 Å². The van der Waals surface area contributed by atoms with Gasteiger partial charge in [0.2, 0.25) is 0 Å². The average Bonchev–Trinajstić information content (AvgIpc) is 3.18. The summed E-state index contributed by atoms with van der Waals surface area (Å²) in [6.45, 7) is 6.72. The Balaban J connectivity index is 1.46. The van der Waals surface area contributed by atoms with Crippen molar-refractivity contribution in [2.45, 2.75) is 13.0 Å². The zero-order valence-electron chi connectivity index (χ0n) is 13.4. The van der Waals surface area contributed by atoms with E-state index in [-0.39, 0.29) is 5.41 Å². The molecule has 2 fully saturated rings. The van der Waals surface area contributed by atoms with Crippen LogP contribution in [0.5, 0.6) is 0 Å². The lowest BCUT2D eigenvalue weighted by molar-refractivity contribution is 0.0798. The second-order valence-corrected chi connectivity index (χ2v) is 6.75. The number of ether oxygens (including phenoxy) is 1. The Labute approximate surface area is 136 Å². The van der Waals surface area contributed by atoms with Crippen molar-refractivity contribution in [2.24, 2.45) is 5.41 Å². The van der Waals surface area contributed by atoms with Gasteiger partial charge >= 0.3 is 0 Å². The van der Waals surface area contributed by atoms with E-state index in [1.807, 2.05) is 24.6 Å². The molecule has 1 unspecified atom stereocenters. The van der Waals surface area contributed by atoms with E-state index in [0.717, 1.165) is 58.2 Å². The zero-order chi connectivity index (χ0) is 15.5. The molecule has 4 rings (SSSR count). The van der Waals surface area contributed by atoms with Crippen LogP contribution < -0.4 is 4.90 Å². The van der Waals surface area contributed by atoms with E-state index in [1.54, 1.807) is 6.26 Å². The average molecular weight is 313 g/mol. The summed E-state index contributed by atoms with van der Waals surface area (Å²) in [5.74, 6) is 1.08. The predicted molar refractivity (Wildman–Crippen MR) is 88.3 cm³/mol. The van der Waals surface area contributed by atoms with E-state index >= 15 is 0 Å². The first kappa shape index (κ1) is 14.7. The molecule has 0 aromatic carbocycles. The van der Waals surface area contributed by atoms with Gasteiger partial charge in [0.25, 0.3) is 0 Å². The Morgan fingerprint density at radius 2 is 2.17 bits per heavy atom. The normalized spacial score (nSPS) is 25.8. The maximum absolute atomic E-state index is 5.95. The third kappa shape index (κ3) is 3.26. The van der Waals surface area contributed by atoms with Crippen molar-refractivity contribution in [2.75, 3.05) is 44.3 Å². The Bertz CT molecular complexity index is 616. The van der Waals surface area contributed by atoms with Gasteiger partial charge in [0.05, 0.1) is 25.7 Å². The van der Waals surface area contributed by atoms with Crippen LogP contribution in [0.15, 0.2) is 47.4 Å². The molecule has 23 heavy (non-hydrogen) atoms. The van der Waals surface area contributed by atoms with Crippen molar-refractivity contribution in [3.63, 3.8) is 0 Å². The number of furan rings is 1. The van der Waals surface area contributed by atoms with Crippen molar-refractivity contribution in [1.82, 2.24) is 9.88 Å². The number of aromatic nitrogens is 1. The van der Waals surface area contributed by atoms with Crippen LogP contribution in [0.3, 0.4) is 0 Å². The first-order valence-electron chi connectivity index (χ1n) is 8.30. The van der Waals surface area contributed by atoms with Crippen molar-refractivity contribution < 1.29 is 9.15 Å². The second-order valence-electron chi connectivity index (χ2n) is 6.75. The van der Waals surface area contributed by atoms with Crippen LogP contribution in [0.2, 0.25) is 0 Å². The molecular formula is C18H23N3O2. The van der Waals surface area contributed by atoms with E-state index in [9.17, 15) is 0 Å². The molecule has 2 saturated heterocycles. The maximum atomic E-state index is 5.95. The Kier molecular flexibility index (Phi) is 4.06. The molecule has 4 heterocycles. The first-order valence-corrected chi connectivity index (χ1v) is 8.30. The smallest absolute Gasteiger partial charge is 0.128 e. The van der Waals surface area contributed by atoms with E-state index in [4.69, 9.17) is 9.15 Å². The highest BCUT2D eigenvalue weighted by atomic mass is 16.5. The van der Waals surface area contributed by atoms with Gasteiger partial charge in [0.1, 0.15) is 5.82 Å². The lowest BCUT2D eigenvalue weighted by Crippen LogP contribution is -2.40. The summed E-state index contributed by atoms with van der Waals surface area (Å²) < 4.78 is 11.2. The SMILES string of the molecule is c1ccc(N2CCC3(COCCN(Cc4ccoc4)C3)C2)nc1. The van der Waals surface area contributed by atoms with Crippen LogP contribution in [-0.4, -0.2) is 49.3 Å². The zero-order valence-corrected chi connectivity index (χ0v) is 13.4. The molecule has 0 aliphatic carbocycles. The summed E-state index contributed by atoms with van der Waals surface area (Å²) in [7, 11) is 0. The minimum absolute atomic E-state index is 0.206. The number of pyridine rings is 1. The van der Waals surface area contributed by atoms with Gasteiger partial charge in [-0.05, 0) is 24.6 Å². The Morgan fingerprint density at radius 1 is 1.17 bits per heavy atom. The quantitative estimate of drug-likeness (QED) is 0.870. The highest BCUT2D eigenvalue weighted by Crippen LogP contribution is 2.35. The molecule has 0 bridgehead atoms. The molecule has 2 aromatic heterocycles. The molecule has 5 nitrogen and oxygen atoms in total. The summed E-state index contributed by atoms with van der Waals surface area (Å²) in [6.07, 6.45) is 6.62. The molecule has 122 valence electrons. The summed E-state index contributed by atoms with van der Waals surface area (Å²) in [4.78, 5) is 9.39. The molecule has 2 aromatic rings. The molecule has 5 heteroatoms. The highest BCUT2D eigenvalue weighted by molar-refractivity contribution is 5.40. The Hall–Kier alpha value is -1.85. The number of hydrogen-bond acceptors (Lipinski definition) is 5. The van der Waals surface area contributed by atoms with Gasteiger partial charge in [-0.25, -0.2) is 4.98 Å². The van der Waals surface area contributed by atoms with Crippen molar-refractivity contribution in [3.8, 4) is 0 Å². The largest absolute Gasteiger partial charge is 0.472 e. The summed E-state index contributed by atoms with van der Waals surface area (Å²) in [5, 5.41) is 0. The fourth-order valence-corrected chi connectivity index (χ4v) is 3.78. The van der Waals surface area contributed by atoms with Gasteiger partial charge in [-0.3, -0.25) is 4.90 Å². The van der Waals surface area contributed by atoms with Crippen molar-refractivity contribution in [1.29, 1.82) is 0 Å². The van der Waals surface area contributed by atoms with E-state index in [2.05, 4.69) is 26.9 Å². The van der Waals surface area contributed by atoms with Crippen LogP contribution in [0.1, 0.15) is 12.0 Å². The third-order valence-corrected chi connectivity index (χ3v) is 4.92. The van der Waals surface area contributed by atoms with E-state index < -0.39 is 0 Å². The standard InChI is InChI=1S/C18H23N3O2/c1-2-6-19-17(3-1)21-7-5-18(14-21)13-20(8-10-23-15-18)11-16-4-9-22-12-16/h1-4,6,9,12H,5,7-8,10-11,13-15H2. The summed E-state index contributed by atoms with van der Waals surface area (Å²) in [6, 6.07) is 8.17. The van der Waals surface area contributed by atoms with Crippen molar-refractivity contribution >= 4 is 5.82 Å². The van der Waals surface area contributed by atoms with Crippen molar-refractivity contribution in [3.05, 3.63) is 48.6 Å². The Morgan fingerprint density at radius 3 is 3.00 bits per heavy atom. The molecule has 0 amide bonds. The van der Waals surface area contributed by atoms with Gasteiger partial charge < -0.3 is 14.1 Å². The molecule has 0 saturated carbocycles. The second kappa shape index (κ2) is 6.34. The van der Waals surface area contributed by atoms with E-state index in [1.165, 1.54) is 5.56 Å². The number of nitrogens with zero attached hydrogens (tertiary/aromatic N) is 3. The lowest BCUT2D eigenvalue weighted by atomic mass is 9.87. The van der Waals surface area contributed by atoms with Gasteiger partial charge in [0, 0.05) is 49.9 Å². The first-order chi connectivity index (χ1) is 11.3. The fourth-order valence-electron chi connectivity index (χ4n) is 3.78. The monoisotopic (exact) mass is 313 g/mol. The molecule has 0 radical (unpaired) electrons. The molecular weight excluding hydrogens is 290 g/mol. The van der Waals surface area contributed by atoms with Crippen LogP contribution >= 0.6 is 0 Å². The molecule has 1 spiro atoms. The fraction of sp³-hybridized carbons (Fsp3) is 0.500. The number of anilines is 1. The van der Waals surface area contributed by atoms with Crippen LogP contribution in [0, 0.1) is 5.41 Å². The minimum atomic E-state index is 0.206. The van der Waals surface area contributed by atoms with Crippen LogP contribution in [0.4, 0.5) is 5.82 Å². The lowest BCUT2D eigenvalue weighted by Gasteiger charge is -2.31. The summed E-state index contributed by atoms with van der Waals surface area (Å²) in [5.41, 5.74) is 1.44. The highest BCUT2D eigenvalue weighted by Gasteiger charge is 2.41. The van der Waals surface area contributed by atoms with Crippen LogP contribution in [-0.2, 0) is 11.3 Å². The number of rotatable bonds is 3. The van der Waals surface area contributed by atoms with Gasteiger partial charge in [-0.2, -0.15) is 0 Å². The topological polar surface area (TPSA) is 41.7 Å². The predicted octanol–water partition coefficient (Wildman–Crippen LogP) is 2.40. The molecule has 2 aliphatic rings. The van der Waals surface area contributed by atoms with Gasteiger partial charge in [0.15, 0.2) is 0 Å². The van der Waals surface area contributed by atoms with Gasteiger partial charge in [-0.1, -0.05) is 6.07 Å². The molecule has 0 N–H and O–H groups in total. The molecule has 2 aliphatic heterocycles. The van der Waals surface area contributed by atoms with Crippen LogP contribution in [0.25, 0.3) is 0 Å². The minimum Gasteiger partial charge on any atom is -0.472 e. The van der Waals surface area contributed by atoms with E-state index in [0.29, 0.717) is 0 Å². The maximum Gasteiger partial charge on any atom is 0.128 e. The third-order valence-electron chi connectivity index (χ3n) is 4.92. The number of hydrogen-bond donors (Lipinski definition) is 0. The molecule has 1 atom stereocenters. The summed E-state index contributed by atoms with van der Waals surface area (Å²) >= 11 is 0.